The van der Waals surface area contributed by atoms with Gasteiger partial charge in [-0.15, -0.1) is 0 Å². The predicted octanol–water partition coefficient (Wildman–Crippen LogP) is 1.44. The maximum absolute atomic E-state index is 12.0. The Morgan fingerprint density at radius 3 is 3.10 bits per heavy atom. The number of aromatic nitrogens is 1. The Morgan fingerprint density at radius 2 is 2.45 bits per heavy atom. The number of hydrogen-bond acceptors (Lipinski definition) is 4. The minimum absolute atomic E-state index is 0.0559. The van der Waals surface area contributed by atoms with E-state index < -0.39 is 0 Å². The Hall–Kier alpha value is -1.51. The third kappa shape index (κ3) is 4.55. The number of amides is 1. The van der Waals surface area contributed by atoms with Gasteiger partial charge < -0.3 is 10.4 Å². The number of pyridine rings is 1. The van der Waals surface area contributed by atoms with Crippen molar-refractivity contribution in [1.29, 1.82) is 0 Å². The first kappa shape index (κ1) is 14.9. The molecule has 1 aliphatic heterocycles. The number of aliphatic hydroxyl groups excluding tert-OH is 1. The van der Waals surface area contributed by atoms with Crippen LogP contribution in [0, 0.1) is 11.8 Å². The normalized spacial score (nSPS) is 17.9. The molecule has 1 atom stereocenters. The fourth-order valence-electron chi connectivity index (χ4n) is 1.94. The number of aliphatic hydroxyl groups is 1. The summed E-state index contributed by atoms with van der Waals surface area (Å²) in [6.45, 7) is 0.0559. The first-order chi connectivity index (χ1) is 9.79. The summed E-state index contributed by atoms with van der Waals surface area (Å²) in [7, 11) is 0. The lowest BCUT2D eigenvalue weighted by Crippen LogP contribution is -2.38. The van der Waals surface area contributed by atoms with Crippen molar-refractivity contribution in [2.45, 2.75) is 25.3 Å². The van der Waals surface area contributed by atoms with Crippen LogP contribution in [0.5, 0.6) is 0 Å². The molecule has 0 radical (unpaired) electrons. The maximum Gasteiger partial charge on any atom is 0.270 e. The Kier molecular flexibility index (Phi) is 5.90. The van der Waals surface area contributed by atoms with Crippen molar-refractivity contribution in [3.8, 4) is 11.8 Å². The van der Waals surface area contributed by atoms with Crippen LogP contribution in [0.3, 0.4) is 0 Å². The van der Waals surface area contributed by atoms with Gasteiger partial charge in [-0.25, -0.2) is 4.98 Å². The molecule has 2 N–H and O–H groups in total. The van der Waals surface area contributed by atoms with E-state index in [4.69, 9.17) is 5.11 Å². The quantitative estimate of drug-likeness (QED) is 0.827. The smallest absolute Gasteiger partial charge is 0.270 e. The van der Waals surface area contributed by atoms with E-state index in [1.807, 2.05) is 11.8 Å². The van der Waals surface area contributed by atoms with Gasteiger partial charge in [0.05, 0.1) is 6.61 Å². The lowest BCUT2D eigenvalue weighted by molar-refractivity contribution is 0.0933. The van der Waals surface area contributed by atoms with Crippen molar-refractivity contribution in [1.82, 2.24) is 10.3 Å². The molecule has 0 bridgehead atoms. The number of nitrogens with one attached hydrogen (secondary N) is 1. The van der Waals surface area contributed by atoms with E-state index in [0.717, 1.165) is 24.2 Å². The highest BCUT2D eigenvalue weighted by Gasteiger charge is 2.17. The molecule has 4 nitrogen and oxygen atoms in total. The van der Waals surface area contributed by atoms with Crippen LogP contribution in [0.15, 0.2) is 18.3 Å². The molecule has 106 valence electrons. The largest absolute Gasteiger partial charge is 0.395 e. The van der Waals surface area contributed by atoms with Crippen LogP contribution in [-0.4, -0.2) is 40.2 Å². The molecule has 1 saturated heterocycles. The summed E-state index contributed by atoms with van der Waals surface area (Å²) in [6, 6.07) is 3.72. The van der Waals surface area contributed by atoms with Gasteiger partial charge in [-0.3, -0.25) is 4.79 Å². The van der Waals surface area contributed by atoms with Crippen molar-refractivity contribution in [2.75, 3.05) is 18.1 Å². The Labute approximate surface area is 123 Å². The molecule has 5 heteroatoms. The second-order valence-electron chi connectivity index (χ2n) is 4.60. The van der Waals surface area contributed by atoms with Crippen LogP contribution < -0.4 is 5.32 Å². The van der Waals surface area contributed by atoms with Crippen LogP contribution in [-0.2, 0) is 0 Å². The lowest BCUT2D eigenvalue weighted by atomic mass is 10.1. The average Bonchev–Trinajstić information content (AvgIpc) is 2.49. The van der Waals surface area contributed by atoms with Gasteiger partial charge in [0.25, 0.3) is 5.91 Å². The van der Waals surface area contributed by atoms with Crippen molar-refractivity contribution >= 4 is 17.7 Å². The highest BCUT2D eigenvalue weighted by Crippen LogP contribution is 2.17. The zero-order valence-electron chi connectivity index (χ0n) is 11.3. The van der Waals surface area contributed by atoms with Crippen molar-refractivity contribution in [3.05, 3.63) is 29.6 Å². The molecule has 1 fully saturated rings. The fourth-order valence-corrected chi connectivity index (χ4v) is 3.01. The summed E-state index contributed by atoms with van der Waals surface area (Å²) < 4.78 is 0. The van der Waals surface area contributed by atoms with Crippen LogP contribution in [0.1, 0.15) is 35.3 Å². The SMILES string of the molecule is O=C(NC1CCCSC1)c1ccc(C#CCCO)cn1. The van der Waals surface area contributed by atoms with Crippen LogP contribution in [0.25, 0.3) is 0 Å². The number of hydrogen-bond donors (Lipinski definition) is 2. The van der Waals surface area contributed by atoms with Crippen molar-refractivity contribution < 1.29 is 9.90 Å². The van der Waals surface area contributed by atoms with E-state index >= 15 is 0 Å². The van der Waals surface area contributed by atoms with Gasteiger partial charge in [0.15, 0.2) is 0 Å². The zero-order valence-corrected chi connectivity index (χ0v) is 12.1. The summed E-state index contributed by atoms with van der Waals surface area (Å²) in [5, 5.41) is 11.7. The number of carbonyl (C=O) groups excluding carboxylic acids is 1. The minimum Gasteiger partial charge on any atom is -0.395 e. The molecule has 0 saturated carbocycles. The molecule has 1 aliphatic rings. The Morgan fingerprint density at radius 1 is 1.55 bits per heavy atom. The third-order valence-electron chi connectivity index (χ3n) is 2.96. The van der Waals surface area contributed by atoms with Gasteiger partial charge in [0, 0.05) is 30.0 Å². The van der Waals surface area contributed by atoms with E-state index in [1.165, 1.54) is 5.75 Å². The highest BCUT2D eigenvalue weighted by molar-refractivity contribution is 7.99. The van der Waals surface area contributed by atoms with E-state index in [2.05, 4.69) is 22.1 Å². The maximum atomic E-state index is 12.0. The van der Waals surface area contributed by atoms with Gasteiger partial charge in [-0.2, -0.15) is 11.8 Å². The first-order valence-corrected chi connectivity index (χ1v) is 7.89. The average molecular weight is 290 g/mol. The van der Waals surface area contributed by atoms with Crippen molar-refractivity contribution in [3.63, 3.8) is 0 Å². The molecule has 2 heterocycles. The van der Waals surface area contributed by atoms with Crippen molar-refractivity contribution in [2.24, 2.45) is 0 Å². The molecule has 0 spiro atoms. The number of nitrogens with zero attached hydrogens (tertiary/aromatic N) is 1. The minimum atomic E-state index is -0.118. The zero-order chi connectivity index (χ0) is 14.2. The van der Waals surface area contributed by atoms with Crippen LogP contribution in [0.4, 0.5) is 0 Å². The van der Waals surface area contributed by atoms with Gasteiger partial charge in [0.2, 0.25) is 0 Å². The molecular formula is C15H18N2O2S. The van der Waals surface area contributed by atoms with E-state index in [-0.39, 0.29) is 18.6 Å². The second kappa shape index (κ2) is 7.93. The predicted molar refractivity (Wildman–Crippen MR) is 80.6 cm³/mol. The van der Waals surface area contributed by atoms with E-state index in [1.54, 1.807) is 18.3 Å². The number of thioether (sulfide) groups is 1. The van der Waals surface area contributed by atoms with Gasteiger partial charge in [-0.05, 0) is 30.7 Å². The highest BCUT2D eigenvalue weighted by atomic mass is 32.2. The Bertz CT molecular complexity index is 499. The molecule has 2 rings (SSSR count). The van der Waals surface area contributed by atoms with E-state index in [0.29, 0.717) is 12.1 Å². The summed E-state index contributed by atoms with van der Waals surface area (Å²) >= 11 is 1.88. The monoisotopic (exact) mass is 290 g/mol. The van der Waals surface area contributed by atoms with E-state index in [9.17, 15) is 4.79 Å². The second-order valence-corrected chi connectivity index (χ2v) is 5.74. The molecule has 1 aromatic rings. The van der Waals surface area contributed by atoms with Crippen LogP contribution >= 0.6 is 11.8 Å². The third-order valence-corrected chi connectivity index (χ3v) is 4.18. The molecular weight excluding hydrogens is 272 g/mol. The molecule has 0 aromatic carbocycles. The summed E-state index contributed by atoms with van der Waals surface area (Å²) in [6.07, 6.45) is 4.24. The number of rotatable bonds is 3. The Balaban J connectivity index is 1.92. The summed E-state index contributed by atoms with van der Waals surface area (Å²) in [5.41, 5.74) is 1.18. The molecule has 0 aliphatic carbocycles. The molecule has 1 unspecified atom stereocenters. The lowest BCUT2D eigenvalue weighted by Gasteiger charge is -2.22. The molecule has 1 aromatic heterocycles. The first-order valence-electron chi connectivity index (χ1n) is 6.74. The van der Waals surface area contributed by atoms with Gasteiger partial charge in [0.1, 0.15) is 5.69 Å². The standard InChI is InChI=1S/C15H18N2O2S/c18-8-2-1-4-12-6-7-14(16-10-12)15(19)17-13-5-3-9-20-11-13/h6-7,10,13,18H,2-3,5,8-9,11H2,(H,17,19). The van der Waals surface area contributed by atoms with Gasteiger partial charge in [-0.1, -0.05) is 11.8 Å². The fraction of sp³-hybridized carbons (Fsp3) is 0.467. The summed E-state index contributed by atoms with van der Waals surface area (Å²) in [5.74, 6) is 7.76. The summed E-state index contributed by atoms with van der Waals surface area (Å²) in [4.78, 5) is 16.2. The number of carbonyl (C=O) groups is 1. The van der Waals surface area contributed by atoms with Gasteiger partial charge >= 0.3 is 0 Å². The topological polar surface area (TPSA) is 62.2 Å². The molecule has 1 amide bonds. The molecule has 20 heavy (non-hydrogen) atoms. The van der Waals surface area contributed by atoms with Crippen LogP contribution in [0.2, 0.25) is 0 Å².